The van der Waals surface area contributed by atoms with Gasteiger partial charge < -0.3 is 0 Å². The van der Waals surface area contributed by atoms with E-state index in [0.717, 1.165) is 17.1 Å². The molecule has 0 spiro atoms. The minimum absolute atomic E-state index is 0.640. The fourth-order valence-corrected chi connectivity index (χ4v) is 2.16. The van der Waals surface area contributed by atoms with Crippen molar-refractivity contribution >= 4 is 18.0 Å². The van der Waals surface area contributed by atoms with Crippen LogP contribution < -0.4 is 0 Å². The summed E-state index contributed by atoms with van der Waals surface area (Å²) >= 11 is 1.55. The highest BCUT2D eigenvalue weighted by Gasteiger charge is 2.02. The molecule has 0 saturated carbocycles. The van der Waals surface area contributed by atoms with Gasteiger partial charge in [-0.3, -0.25) is 9.78 Å². The molecule has 2 heterocycles. The minimum Gasteiger partial charge on any atom is -0.298 e. The van der Waals surface area contributed by atoms with Crippen molar-refractivity contribution in [3.8, 4) is 0 Å². The second-order valence-corrected chi connectivity index (χ2v) is 4.12. The molecule has 0 bridgehead atoms. The Hall–Kier alpha value is -1.68. The molecule has 0 unspecified atom stereocenters. The van der Waals surface area contributed by atoms with Crippen LogP contribution in [-0.2, 0) is 5.75 Å². The van der Waals surface area contributed by atoms with E-state index < -0.39 is 0 Å². The van der Waals surface area contributed by atoms with Crippen LogP contribution in [0.1, 0.15) is 15.9 Å². The maximum absolute atomic E-state index is 10.8. The van der Waals surface area contributed by atoms with E-state index in [1.165, 1.54) is 5.56 Å². The van der Waals surface area contributed by atoms with Gasteiger partial charge in [0.2, 0.25) is 0 Å². The van der Waals surface area contributed by atoms with Crippen LogP contribution in [0.15, 0.2) is 47.9 Å². The van der Waals surface area contributed by atoms with Crippen molar-refractivity contribution in [2.45, 2.75) is 10.8 Å². The van der Waals surface area contributed by atoms with Crippen molar-refractivity contribution in [3.63, 3.8) is 0 Å². The third-order valence-corrected chi connectivity index (χ3v) is 3.14. The fraction of sp³-hybridized carbons (Fsp3) is 0.0833. The summed E-state index contributed by atoms with van der Waals surface area (Å²) in [6.45, 7) is 0. The Kier molecular flexibility index (Phi) is 3.66. The summed E-state index contributed by atoms with van der Waals surface area (Å²) in [4.78, 5) is 18.9. The molecule has 16 heavy (non-hydrogen) atoms. The van der Waals surface area contributed by atoms with Crippen molar-refractivity contribution in [1.82, 2.24) is 9.97 Å². The molecule has 2 aromatic rings. The Balaban J connectivity index is 2.08. The van der Waals surface area contributed by atoms with E-state index >= 15 is 0 Å². The quantitative estimate of drug-likeness (QED) is 0.598. The molecule has 0 N–H and O–H groups in total. The molecular weight excluding hydrogens is 220 g/mol. The van der Waals surface area contributed by atoms with Gasteiger partial charge in [-0.25, -0.2) is 4.98 Å². The van der Waals surface area contributed by atoms with Crippen molar-refractivity contribution in [3.05, 3.63) is 54.0 Å². The zero-order valence-corrected chi connectivity index (χ0v) is 9.35. The highest BCUT2D eigenvalue weighted by Crippen LogP contribution is 2.22. The predicted molar refractivity (Wildman–Crippen MR) is 63.4 cm³/mol. The van der Waals surface area contributed by atoms with Crippen LogP contribution in [0.4, 0.5) is 0 Å². The zero-order valence-electron chi connectivity index (χ0n) is 8.54. The predicted octanol–water partition coefficient (Wildman–Crippen LogP) is 2.58. The minimum atomic E-state index is 0.640. The van der Waals surface area contributed by atoms with Gasteiger partial charge in [-0.15, -0.1) is 11.8 Å². The number of hydrogen-bond acceptors (Lipinski definition) is 4. The molecule has 4 heteroatoms. The second-order valence-electron chi connectivity index (χ2n) is 3.16. The van der Waals surface area contributed by atoms with Crippen LogP contribution in [0.2, 0.25) is 0 Å². The largest absolute Gasteiger partial charge is 0.298 e. The molecule has 0 amide bonds. The van der Waals surface area contributed by atoms with Gasteiger partial charge in [-0.2, -0.15) is 0 Å². The summed E-state index contributed by atoms with van der Waals surface area (Å²) in [7, 11) is 0. The monoisotopic (exact) mass is 230 g/mol. The number of rotatable bonds is 4. The molecule has 0 aliphatic rings. The van der Waals surface area contributed by atoms with E-state index in [2.05, 4.69) is 9.97 Å². The topological polar surface area (TPSA) is 42.9 Å². The van der Waals surface area contributed by atoms with Gasteiger partial charge in [-0.05, 0) is 29.8 Å². The molecule has 0 fully saturated rings. The van der Waals surface area contributed by atoms with Crippen LogP contribution in [0, 0.1) is 0 Å². The lowest BCUT2D eigenvalue weighted by molar-refractivity contribution is 0.112. The lowest BCUT2D eigenvalue weighted by Gasteiger charge is -2.02. The van der Waals surface area contributed by atoms with Crippen LogP contribution in [0.5, 0.6) is 0 Å². The normalized spacial score (nSPS) is 10.0. The first kappa shape index (κ1) is 10.8. The Morgan fingerprint density at radius 1 is 1.19 bits per heavy atom. The molecule has 0 aliphatic heterocycles. The number of carbonyl (C=O) groups excluding carboxylic acids is 1. The lowest BCUT2D eigenvalue weighted by atomic mass is 10.3. The van der Waals surface area contributed by atoms with E-state index in [0.29, 0.717) is 5.56 Å². The number of thioether (sulfide) groups is 1. The van der Waals surface area contributed by atoms with Crippen LogP contribution in [-0.4, -0.2) is 16.3 Å². The number of carbonyl (C=O) groups is 1. The summed E-state index contributed by atoms with van der Waals surface area (Å²) < 4.78 is 0. The molecule has 3 nitrogen and oxygen atoms in total. The summed E-state index contributed by atoms with van der Waals surface area (Å²) in [6.07, 6.45) is 6.05. The smallest absolute Gasteiger partial charge is 0.152 e. The molecule has 0 radical (unpaired) electrons. The van der Waals surface area contributed by atoms with Crippen molar-refractivity contribution in [2.24, 2.45) is 0 Å². The average Bonchev–Trinajstić information content (AvgIpc) is 2.38. The molecule has 2 rings (SSSR count). The third kappa shape index (κ3) is 2.67. The highest BCUT2D eigenvalue weighted by molar-refractivity contribution is 7.98. The second kappa shape index (κ2) is 5.42. The van der Waals surface area contributed by atoms with E-state index in [9.17, 15) is 4.79 Å². The highest BCUT2D eigenvalue weighted by atomic mass is 32.2. The summed E-state index contributed by atoms with van der Waals surface area (Å²) in [5.41, 5.74) is 1.81. The Morgan fingerprint density at radius 3 is 2.75 bits per heavy atom. The Labute approximate surface area is 97.9 Å². The lowest BCUT2D eigenvalue weighted by Crippen LogP contribution is -1.89. The van der Waals surface area contributed by atoms with E-state index in [-0.39, 0.29) is 0 Å². The summed E-state index contributed by atoms with van der Waals surface area (Å²) in [5.74, 6) is 0.792. The van der Waals surface area contributed by atoms with E-state index in [4.69, 9.17) is 0 Å². The van der Waals surface area contributed by atoms with Crippen LogP contribution >= 0.6 is 11.8 Å². The molecule has 80 valence electrons. The van der Waals surface area contributed by atoms with Crippen molar-refractivity contribution < 1.29 is 4.79 Å². The standard InChI is InChI=1S/C12H10N2OS/c15-8-11-2-1-5-14-12(11)16-9-10-3-6-13-7-4-10/h1-8H,9H2. The average molecular weight is 230 g/mol. The zero-order chi connectivity index (χ0) is 11.2. The maximum Gasteiger partial charge on any atom is 0.152 e. The van der Waals surface area contributed by atoms with E-state index in [1.807, 2.05) is 12.1 Å². The maximum atomic E-state index is 10.8. The third-order valence-electron chi connectivity index (χ3n) is 2.05. The van der Waals surface area contributed by atoms with Gasteiger partial charge in [0.15, 0.2) is 6.29 Å². The Morgan fingerprint density at radius 2 is 2.00 bits per heavy atom. The molecule has 0 atom stereocenters. The van der Waals surface area contributed by atoms with Gasteiger partial charge in [-0.1, -0.05) is 0 Å². The number of hydrogen-bond donors (Lipinski definition) is 0. The number of aromatic nitrogens is 2. The first-order chi connectivity index (χ1) is 7.90. The summed E-state index contributed by atoms with van der Waals surface area (Å²) in [6, 6.07) is 7.45. The first-order valence-electron chi connectivity index (χ1n) is 4.82. The van der Waals surface area contributed by atoms with Gasteiger partial charge in [0.05, 0.1) is 0 Å². The molecular formula is C12H10N2OS. The number of nitrogens with zero attached hydrogens (tertiary/aromatic N) is 2. The Bertz CT molecular complexity index is 473. The van der Waals surface area contributed by atoms with Gasteiger partial charge in [0.1, 0.15) is 5.03 Å². The summed E-state index contributed by atoms with van der Waals surface area (Å²) in [5, 5.41) is 0.773. The molecule has 0 aliphatic carbocycles. The van der Waals surface area contributed by atoms with Crippen LogP contribution in [0.3, 0.4) is 0 Å². The number of aldehydes is 1. The van der Waals surface area contributed by atoms with Crippen molar-refractivity contribution in [1.29, 1.82) is 0 Å². The molecule has 0 saturated heterocycles. The van der Waals surface area contributed by atoms with Gasteiger partial charge >= 0.3 is 0 Å². The van der Waals surface area contributed by atoms with Crippen LogP contribution in [0.25, 0.3) is 0 Å². The first-order valence-corrected chi connectivity index (χ1v) is 5.80. The van der Waals surface area contributed by atoms with E-state index in [1.54, 1.807) is 42.5 Å². The van der Waals surface area contributed by atoms with Gasteiger partial charge in [0, 0.05) is 29.9 Å². The van der Waals surface area contributed by atoms with Crippen molar-refractivity contribution in [2.75, 3.05) is 0 Å². The molecule has 0 aromatic carbocycles. The molecule has 2 aromatic heterocycles. The fourth-order valence-electron chi connectivity index (χ4n) is 1.24. The SMILES string of the molecule is O=Cc1cccnc1SCc1ccncc1. The van der Waals surface area contributed by atoms with Gasteiger partial charge in [0.25, 0.3) is 0 Å². The number of pyridine rings is 2.